The number of aliphatic hydroxyl groups is 1. The Bertz CT molecular complexity index is 550. The zero-order valence-electron chi connectivity index (χ0n) is 9.77. The number of hydrogen-bond acceptors (Lipinski definition) is 3. The van der Waals surface area contributed by atoms with Gasteiger partial charge in [-0.05, 0) is 23.8 Å². The van der Waals surface area contributed by atoms with Gasteiger partial charge in [0.25, 0.3) is 0 Å². The minimum absolute atomic E-state index is 0.284. The first kappa shape index (κ1) is 13.0. The third kappa shape index (κ3) is 2.70. The molecule has 6 heteroatoms. The number of nitrogens with zero attached hydrogens (tertiary/aromatic N) is 2. The number of nitrogens with two attached hydrogens (primary N) is 1. The Labute approximate surface area is 112 Å². The van der Waals surface area contributed by atoms with Crippen molar-refractivity contribution in [1.29, 1.82) is 0 Å². The van der Waals surface area contributed by atoms with Crippen molar-refractivity contribution in [2.75, 3.05) is 5.73 Å². The molecule has 0 saturated heterocycles. The summed E-state index contributed by atoms with van der Waals surface area (Å²) in [5.74, 6) is 0.0729. The van der Waals surface area contributed by atoms with Crippen molar-refractivity contribution >= 4 is 21.7 Å². The first-order valence-electron chi connectivity index (χ1n) is 5.38. The van der Waals surface area contributed by atoms with Crippen LogP contribution in [0.1, 0.15) is 17.2 Å². The van der Waals surface area contributed by atoms with Gasteiger partial charge in [0.15, 0.2) is 0 Å². The molecule has 0 aliphatic rings. The maximum atomic E-state index is 13.2. The number of nitrogen functional groups attached to an aromatic ring is 1. The van der Waals surface area contributed by atoms with Crippen LogP contribution in [0, 0.1) is 5.82 Å². The molecule has 1 heterocycles. The summed E-state index contributed by atoms with van der Waals surface area (Å²) in [6, 6.07) is 4.52. The topological polar surface area (TPSA) is 64.1 Å². The van der Waals surface area contributed by atoms with Crippen LogP contribution in [0.25, 0.3) is 0 Å². The largest absolute Gasteiger partial charge is 0.388 e. The Hall–Kier alpha value is -1.40. The summed E-state index contributed by atoms with van der Waals surface area (Å²) < 4.78 is 15.3. The van der Waals surface area contributed by atoms with E-state index in [-0.39, 0.29) is 12.2 Å². The second-order valence-corrected chi connectivity index (χ2v) is 5.02. The molecule has 1 atom stereocenters. The van der Waals surface area contributed by atoms with Crippen molar-refractivity contribution in [2.24, 2.45) is 7.05 Å². The molecule has 0 radical (unpaired) electrons. The first-order chi connectivity index (χ1) is 8.47. The molecular formula is C12H13BrFN3O. The van der Waals surface area contributed by atoms with Crippen LogP contribution in [-0.2, 0) is 13.5 Å². The van der Waals surface area contributed by atoms with Crippen molar-refractivity contribution in [1.82, 2.24) is 9.78 Å². The number of halogens is 2. The van der Waals surface area contributed by atoms with Gasteiger partial charge in [0.05, 0.1) is 12.3 Å². The minimum Gasteiger partial charge on any atom is -0.388 e. The van der Waals surface area contributed by atoms with Crippen LogP contribution < -0.4 is 5.73 Å². The van der Waals surface area contributed by atoms with Gasteiger partial charge >= 0.3 is 0 Å². The van der Waals surface area contributed by atoms with Gasteiger partial charge in [-0.3, -0.25) is 4.68 Å². The molecule has 1 unspecified atom stereocenters. The zero-order chi connectivity index (χ0) is 13.3. The van der Waals surface area contributed by atoms with Crippen molar-refractivity contribution in [2.45, 2.75) is 12.5 Å². The second-order valence-electron chi connectivity index (χ2n) is 4.11. The lowest BCUT2D eigenvalue weighted by atomic mass is 10.0. The predicted molar refractivity (Wildman–Crippen MR) is 70.4 cm³/mol. The summed E-state index contributed by atoms with van der Waals surface area (Å²) in [7, 11) is 1.70. The van der Waals surface area contributed by atoms with Crippen molar-refractivity contribution < 1.29 is 9.50 Å². The minimum atomic E-state index is -0.799. The average Bonchev–Trinajstić information content (AvgIpc) is 2.58. The Morgan fingerprint density at radius 2 is 2.22 bits per heavy atom. The highest BCUT2D eigenvalue weighted by atomic mass is 79.9. The van der Waals surface area contributed by atoms with Crippen molar-refractivity contribution in [3.63, 3.8) is 0 Å². The Morgan fingerprint density at radius 1 is 1.50 bits per heavy atom. The van der Waals surface area contributed by atoms with Crippen LogP contribution >= 0.6 is 15.9 Å². The van der Waals surface area contributed by atoms with Gasteiger partial charge in [-0.15, -0.1) is 0 Å². The molecule has 1 aromatic carbocycles. The van der Waals surface area contributed by atoms with E-state index in [9.17, 15) is 9.50 Å². The quantitative estimate of drug-likeness (QED) is 0.913. The van der Waals surface area contributed by atoms with Gasteiger partial charge in [0.1, 0.15) is 11.6 Å². The number of benzene rings is 1. The number of rotatable bonds is 3. The van der Waals surface area contributed by atoms with E-state index >= 15 is 0 Å². The molecule has 0 fully saturated rings. The van der Waals surface area contributed by atoms with Gasteiger partial charge < -0.3 is 10.8 Å². The van der Waals surface area contributed by atoms with Crippen molar-refractivity contribution in [3.8, 4) is 0 Å². The highest BCUT2D eigenvalue weighted by Crippen LogP contribution is 2.24. The molecule has 3 N–H and O–H groups in total. The van der Waals surface area contributed by atoms with E-state index in [1.165, 1.54) is 23.0 Å². The summed E-state index contributed by atoms with van der Waals surface area (Å²) >= 11 is 3.21. The van der Waals surface area contributed by atoms with Crippen LogP contribution in [0.15, 0.2) is 28.9 Å². The normalized spacial score (nSPS) is 12.7. The Balaban J connectivity index is 2.21. The average molecular weight is 314 g/mol. The van der Waals surface area contributed by atoms with E-state index in [1.807, 2.05) is 0 Å². The molecule has 96 valence electrons. The number of aryl methyl sites for hydroxylation is 1. The smallest absolute Gasteiger partial charge is 0.127 e. The molecule has 18 heavy (non-hydrogen) atoms. The van der Waals surface area contributed by atoms with E-state index in [2.05, 4.69) is 21.0 Å². The molecule has 0 spiro atoms. The first-order valence-corrected chi connectivity index (χ1v) is 6.17. The molecule has 4 nitrogen and oxygen atoms in total. The van der Waals surface area contributed by atoms with E-state index in [0.29, 0.717) is 21.4 Å². The highest BCUT2D eigenvalue weighted by molar-refractivity contribution is 9.10. The molecule has 2 aromatic rings. The Kier molecular flexibility index (Phi) is 3.68. The van der Waals surface area contributed by atoms with E-state index in [1.54, 1.807) is 13.1 Å². The monoisotopic (exact) mass is 313 g/mol. The molecule has 0 saturated carbocycles. The summed E-state index contributed by atoms with van der Waals surface area (Å²) in [6.07, 6.45) is 1.01. The standard InChI is InChI=1S/C12H13BrFN3O/c1-17-12(15)10(6-16-17)11(18)4-7-2-8(13)5-9(14)3-7/h2-3,5-6,11,18H,4,15H2,1H3. The number of aliphatic hydroxyl groups excluding tert-OH is 1. The molecule has 0 bridgehead atoms. The SMILES string of the molecule is Cn1ncc(C(O)Cc2cc(F)cc(Br)c2)c1N. The third-order valence-electron chi connectivity index (χ3n) is 2.72. The molecule has 1 aromatic heterocycles. The lowest BCUT2D eigenvalue weighted by Crippen LogP contribution is -2.06. The van der Waals surface area contributed by atoms with Gasteiger partial charge in [-0.2, -0.15) is 5.10 Å². The number of anilines is 1. The predicted octanol–water partition coefficient (Wildman–Crippen LogP) is 2.18. The van der Waals surface area contributed by atoms with Gasteiger partial charge in [0.2, 0.25) is 0 Å². The lowest BCUT2D eigenvalue weighted by molar-refractivity contribution is 0.179. The van der Waals surface area contributed by atoms with Crippen LogP contribution in [0.5, 0.6) is 0 Å². The van der Waals surface area contributed by atoms with Gasteiger partial charge in [-0.1, -0.05) is 15.9 Å². The van der Waals surface area contributed by atoms with Crippen LogP contribution in [0.4, 0.5) is 10.2 Å². The molecule has 2 rings (SSSR count). The maximum Gasteiger partial charge on any atom is 0.127 e. The van der Waals surface area contributed by atoms with E-state index < -0.39 is 6.10 Å². The van der Waals surface area contributed by atoms with Crippen molar-refractivity contribution in [3.05, 3.63) is 45.8 Å². The molecule has 0 aliphatic heterocycles. The van der Waals surface area contributed by atoms with E-state index in [4.69, 9.17) is 5.73 Å². The highest BCUT2D eigenvalue weighted by Gasteiger charge is 2.15. The zero-order valence-corrected chi connectivity index (χ0v) is 11.4. The number of hydrogen-bond donors (Lipinski definition) is 2. The van der Waals surface area contributed by atoms with Gasteiger partial charge in [0, 0.05) is 23.5 Å². The van der Waals surface area contributed by atoms with Crippen LogP contribution in [0.2, 0.25) is 0 Å². The second kappa shape index (κ2) is 5.07. The summed E-state index contributed by atoms with van der Waals surface area (Å²) in [6.45, 7) is 0. The summed E-state index contributed by atoms with van der Waals surface area (Å²) in [4.78, 5) is 0. The molecule has 0 aliphatic carbocycles. The van der Waals surface area contributed by atoms with Crippen LogP contribution in [-0.4, -0.2) is 14.9 Å². The fourth-order valence-corrected chi connectivity index (χ4v) is 2.30. The summed E-state index contributed by atoms with van der Waals surface area (Å²) in [5.41, 5.74) is 7.02. The number of aromatic nitrogens is 2. The fourth-order valence-electron chi connectivity index (χ4n) is 1.78. The third-order valence-corrected chi connectivity index (χ3v) is 3.18. The van der Waals surface area contributed by atoms with Gasteiger partial charge in [-0.25, -0.2) is 4.39 Å². The van der Waals surface area contributed by atoms with Crippen LogP contribution in [0.3, 0.4) is 0 Å². The Morgan fingerprint density at radius 3 is 2.78 bits per heavy atom. The fraction of sp³-hybridized carbons (Fsp3) is 0.250. The summed E-state index contributed by atoms with van der Waals surface area (Å²) in [5, 5.41) is 14.0. The molecule has 0 amide bonds. The van der Waals surface area contributed by atoms with E-state index in [0.717, 1.165) is 0 Å². The molecular weight excluding hydrogens is 301 g/mol. The lowest BCUT2D eigenvalue weighted by Gasteiger charge is -2.10. The maximum absolute atomic E-state index is 13.2.